The number of hydrogen-bond donors (Lipinski definition) is 1. The molecule has 3 heteroatoms. The number of aryl methyl sites for hydroxylation is 2. The Morgan fingerprint density at radius 2 is 2.35 bits per heavy atom. The van der Waals surface area contributed by atoms with Gasteiger partial charge in [0.05, 0.1) is 17.1 Å². The maximum absolute atomic E-state index is 4.80. The minimum atomic E-state index is 0.442. The van der Waals surface area contributed by atoms with E-state index in [2.05, 4.69) is 42.1 Å². The molecule has 0 aliphatic carbocycles. The largest absolute Gasteiger partial charge is 0.330 e. The molecule has 0 bridgehead atoms. The Balaban J connectivity index is 2.17. The Kier molecular flexibility index (Phi) is 2.63. The Morgan fingerprint density at radius 3 is 3.06 bits per heavy atom. The highest BCUT2D eigenvalue weighted by atomic mass is 15.1. The summed E-state index contributed by atoms with van der Waals surface area (Å²) in [6.45, 7) is 3.32. The number of para-hydroxylation sites is 1. The maximum atomic E-state index is 4.80. The van der Waals surface area contributed by atoms with Crippen LogP contribution in [-0.4, -0.2) is 16.1 Å². The van der Waals surface area contributed by atoms with Crippen molar-refractivity contribution >= 4 is 11.0 Å². The van der Waals surface area contributed by atoms with Gasteiger partial charge in [-0.05, 0) is 37.4 Å². The SMILES string of the molecule is CCc1cccc2nc(C3CCCN3)n(C)c12. The van der Waals surface area contributed by atoms with Crippen LogP contribution >= 0.6 is 0 Å². The van der Waals surface area contributed by atoms with Crippen molar-refractivity contribution in [2.45, 2.75) is 32.2 Å². The molecular weight excluding hydrogens is 210 g/mol. The summed E-state index contributed by atoms with van der Waals surface area (Å²) in [4.78, 5) is 4.80. The lowest BCUT2D eigenvalue weighted by Gasteiger charge is -2.10. The third kappa shape index (κ3) is 1.65. The van der Waals surface area contributed by atoms with Crippen molar-refractivity contribution < 1.29 is 0 Å². The monoisotopic (exact) mass is 229 g/mol. The number of fused-ring (bicyclic) bond motifs is 1. The molecule has 17 heavy (non-hydrogen) atoms. The lowest BCUT2D eigenvalue weighted by atomic mass is 10.1. The van der Waals surface area contributed by atoms with E-state index in [1.807, 2.05) is 0 Å². The molecule has 1 N–H and O–H groups in total. The van der Waals surface area contributed by atoms with Crippen LogP contribution in [0.1, 0.15) is 37.2 Å². The first-order chi connectivity index (χ1) is 8.31. The van der Waals surface area contributed by atoms with Crippen LogP contribution in [0.4, 0.5) is 0 Å². The van der Waals surface area contributed by atoms with E-state index in [0.717, 1.165) is 18.5 Å². The first-order valence-corrected chi connectivity index (χ1v) is 6.49. The summed E-state index contributed by atoms with van der Waals surface area (Å²) < 4.78 is 2.27. The molecule has 1 aliphatic rings. The molecule has 3 nitrogen and oxygen atoms in total. The zero-order valence-electron chi connectivity index (χ0n) is 10.5. The van der Waals surface area contributed by atoms with Crippen molar-refractivity contribution in [2.24, 2.45) is 7.05 Å². The lowest BCUT2D eigenvalue weighted by molar-refractivity contribution is 0.584. The molecule has 0 saturated carbocycles. The van der Waals surface area contributed by atoms with E-state index >= 15 is 0 Å². The number of benzene rings is 1. The van der Waals surface area contributed by atoms with Gasteiger partial charge in [0.1, 0.15) is 5.82 Å². The summed E-state index contributed by atoms with van der Waals surface area (Å²) in [5.74, 6) is 1.19. The average Bonchev–Trinajstić information content (AvgIpc) is 2.97. The van der Waals surface area contributed by atoms with Gasteiger partial charge in [-0.2, -0.15) is 0 Å². The Morgan fingerprint density at radius 1 is 1.47 bits per heavy atom. The Hall–Kier alpha value is -1.35. The van der Waals surface area contributed by atoms with Gasteiger partial charge in [0, 0.05) is 7.05 Å². The van der Waals surface area contributed by atoms with Crippen molar-refractivity contribution in [1.29, 1.82) is 0 Å². The van der Waals surface area contributed by atoms with Gasteiger partial charge >= 0.3 is 0 Å². The fourth-order valence-electron chi connectivity index (χ4n) is 2.87. The molecule has 0 radical (unpaired) electrons. The molecule has 0 spiro atoms. The van der Waals surface area contributed by atoms with Gasteiger partial charge in [0.2, 0.25) is 0 Å². The molecule has 90 valence electrons. The fraction of sp³-hybridized carbons (Fsp3) is 0.500. The number of nitrogens with one attached hydrogen (secondary N) is 1. The molecule has 2 heterocycles. The Labute approximate surface area is 102 Å². The predicted octanol–water partition coefficient (Wildman–Crippen LogP) is 2.56. The molecule has 1 fully saturated rings. The first-order valence-electron chi connectivity index (χ1n) is 6.49. The van der Waals surface area contributed by atoms with Gasteiger partial charge in [-0.3, -0.25) is 0 Å². The molecule has 1 saturated heterocycles. The quantitative estimate of drug-likeness (QED) is 0.857. The summed E-state index contributed by atoms with van der Waals surface area (Å²) in [5.41, 5.74) is 3.83. The van der Waals surface area contributed by atoms with E-state index in [0.29, 0.717) is 6.04 Å². The zero-order valence-corrected chi connectivity index (χ0v) is 10.5. The molecule has 1 aromatic carbocycles. The second kappa shape index (κ2) is 4.15. The zero-order chi connectivity index (χ0) is 11.8. The second-order valence-corrected chi connectivity index (χ2v) is 4.82. The van der Waals surface area contributed by atoms with Gasteiger partial charge in [0.15, 0.2) is 0 Å². The third-order valence-corrected chi connectivity index (χ3v) is 3.77. The molecule has 3 rings (SSSR count). The topological polar surface area (TPSA) is 29.9 Å². The molecule has 2 aromatic rings. The maximum Gasteiger partial charge on any atom is 0.126 e. The lowest BCUT2D eigenvalue weighted by Crippen LogP contribution is -2.16. The number of aromatic nitrogens is 2. The number of nitrogens with zero attached hydrogens (tertiary/aromatic N) is 2. The van der Waals surface area contributed by atoms with E-state index in [1.54, 1.807) is 0 Å². The van der Waals surface area contributed by atoms with E-state index in [1.165, 1.54) is 29.7 Å². The van der Waals surface area contributed by atoms with Gasteiger partial charge in [-0.15, -0.1) is 0 Å². The van der Waals surface area contributed by atoms with Gasteiger partial charge < -0.3 is 9.88 Å². The van der Waals surface area contributed by atoms with E-state index in [9.17, 15) is 0 Å². The summed E-state index contributed by atoms with van der Waals surface area (Å²) in [5, 5.41) is 3.53. The summed E-state index contributed by atoms with van der Waals surface area (Å²) in [6.07, 6.45) is 3.53. The highest BCUT2D eigenvalue weighted by Gasteiger charge is 2.22. The number of imidazole rings is 1. The predicted molar refractivity (Wildman–Crippen MR) is 70.1 cm³/mol. The van der Waals surface area contributed by atoms with Gasteiger partial charge in [0.25, 0.3) is 0 Å². The standard InChI is InChI=1S/C14H19N3/c1-3-10-6-4-7-11-13(10)17(2)14(16-11)12-8-5-9-15-12/h4,6-7,12,15H,3,5,8-9H2,1-2H3. The van der Waals surface area contributed by atoms with Crippen LogP contribution in [0.3, 0.4) is 0 Å². The third-order valence-electron chi connectivity index (χ3n) is 3.77. The average molecular weight is 229 g/mol. The minimum Gasteiger partial charge on any atom is -0.330 e. The van der Waals surface area contributed by atoms with Crippen molar-refractivity contribution in [3.8, 4) is 0 Å². The summed E-state index contributed by atoms with van der Waals surface area (Å²) in [7, 11) is 2.14. The minimum absolute atomic E-state index is 0.442. The van der Waals surface area contributed by atoms with Crippen molar-refractivity contribution in [1.82, 2.24) is 14.9 Å². The first kappa shape index (κ1) is 10.8. The highest BCUT2D eigenvalue weighted by molar-refractivity contribution is 5.79. The van der Waals surface area contributed by atoms with Crippen molar-refractivity contribution in [3.05, 3.63) is 29.6 Å². The molecule has 1 aromatic heterocycles. The molecule has 0 amide bonds. The smallest absolute Gasteiger partial charge is 0.126 e. The molecule has 1 unspecified atom stereocenters. The van der Waals surface area contributed by atoms with E-state index in [-0.39, 0.29) is 0 Å². The second-order valence-electron chi connectivity index (χ2n) is 4.82. The van der Waals surface area contributed by atoms with Crippen LogP contribution in [-0.2, 0) is 13.5 Å². The summed E-state index contributed by atoms with van der Waals surface area (Å²) in [6, 6.07) is 6.88. The highest BCUT2D eigenvalue weighted by Crippen LogP contribution is 2.27. The van der Waals surface area contributed by atoms with Crippen LogP contribution in [0.25, 0.3) is 11.0 Å². The van der Waals surface area contributed by atoms with Gasteiger partial charge in [-0.25, -0.2) is 4.98 Å². The van der Waals surface area contributed by atoms with E-state index in [4.69, 9.17) is 4.98 Å². The molecule has 1 aliphatic heterocycles. The fourth-order valence-corrected chi connectivity index (χ4v) is 2.87. The van der Waals surface area contributed by atoms with Gasteiger partial charge in [-0.1, -0.05) is 19.1 Å². The van der Waals surface area contributed by atoms with Crippen LogP contribution in [0.15, 0.2) is 18.2 Å². The summed E-state index contributed by atoms with van der Waals surface area (Å²) >= 11 is 0. The van der Waals surface area contributed by atoms with Crippen molar-refractivity contribution in [3.63, 3.8) is 0 Å². The van der Waals surface area contributed by atoms with Crippen LogP contribution in [0.5, 0.6) is 0 Å². The normalized spacial score (nSPS) is 20.2. The number of hydrogen-bond acceptors (Lipinski definition) is 2. The van der Waals surface area contributed by atoms with Crippen LogP contribution in [0, 0.1) is 0 Å². The molecular formula is C14H19N3. The van der Waals surface area contributed by atoms with Crippen LogP contribution < -0.4 is 5.32 Å². The Bertz CT molecular complexity index is 536. The van der Waals surface area contributed by atoms with Crippen LogP contribution in [0.2, 0.25) is 0 Å². The van der Waals surface area contributed by atoms with Crippen molar-refractivity contribution in [2.75, 3.05) is 6.54 Å². The number of rotatable bonds is 2. The van der Waals surface area contributed by atoms with E-state index < -0.39 is 0 Å². The molecule has 1 atom stereocenters.